The molecule has 0 spiro atoms. The van der Waals surface area contributed by atoms with E-state index >= 15 is 0 Å². The Balaban J connectivity index is 1.69. The predicted octanol–water partition coefficient (Wildman–Crippen LogP) is 1.77. The minimum Gasteiger partial charge on any atom is -0.352 e. The standard InChI is InChI=1S/C19H22N4O3/c1-19(14-9-7-13(11-20)8-10-14)17(25)23(18(26)22-19)12-16(24)21-15-5-3-2-4-6-15/h7-10,15H,2-6,12H2,1H3,(H,21,24)(H,22,26)/t19-/m0/s1. The Kier molecular flexibility index (Phi) is 4.94. The lowest BCUT2D eigenvalue weighted by atomic mass is 9.91. The van der Waals surface area contributed by atoms with E-state index in [9.17, 15) is 14.4 Å². The first kappa shape index (κ1) is 17.9. The maximum Gasteiger partial charge on any atom is 0.325 e. The van der Waals surface area contributed by atoms with Crippen LogP contribution in [-0.2, 0) is 15.1 Å². The molecule has 3 rings (SSSR count). The van der Waals surface area contributed by atoms with Crippen molar-refractivity contribution < 1.29 is 14.4 Å². The van der Waals surface area contributed by atoms with E-state index < -0.39 is 17.5 Å². The van der Waals surface area contributed by atoms with Crippen molar-refractivity contribution in [3.63, 3.8) is 0 Å². The van der Waals surface area contributed by atoms with Crippen LogP contribution in [0.4, 0.5) is 4.79 Å². The summed E-state index contributed by atoms with van der Waals surface area (Å²) in [4.78, 5) is 38.3. The van der Waals surface area contributed by atoms with Gasteiger partial charge in [-0.2, -0.15) is 5.26 Å². The smallest absolute Gasteiger partial charge is 0.325 e. The van der Waals surface area contributed by atoms with Crippen molar-refractivity contribution in [2.45, 2.75) is 50.6 Å². The van der Waals surface area contributed by atoms with Crippen LogP contribution < -0.4 is 10.6 Å². The van der Waals surface area contributed by atoms with Crippen molar-refractivity contribution in [3.8, 4) is 6.07 Å². The summed E-state index contributed by atoms with van der Waals surface area (Å²) in [6, 6.07) is 8.03. The molecule has 1 saturated carbocycles. The zero-order valence-corrected chi connectivity index (χ0v) is 14.7. The molecule has 2 fully saturated rings. The van der Waals surface area contributed by atoms with Gasteiger partial charge in [0.05, 0.1) is 11.6 Å². The number of nitrogens with one attached hydrogen (secondary N) is 2. The molecule has 0 bridgehead atoms. The molecule has 26 heavy (non-hydrogen) atoms. The minimum atomic E-state index is -1.24. The van der Waals surface area contributed by atoms with E-state index in [0.29, 0.717) is 11.1 Å². The number of amides is 4. The van der Waals surface area contributed by atoms with E-state index in [1.54, 1.807) is 31.2 Å². The van der Waals surface area contributed by atoms with E-state index in [1.165, 1.54) is 6.42 Å². The molecule has 7 heteroatoms. The highest BCUT2D eigenvalue weighted by Crippen LogP contribution is 2.29. The fourth-order valence-electron chi connectivity index (χ4n) is 3.58. The Morgan fingerprint density at radius 1 is 1.27 bits per heavy atom. The number of carbonyl (C=O) groups is 3. The maximum absolute atomic E-state index is 12.8. The Bertz CT molecular complexity index is 762. The molecule has 1 saturated heterocycles. The van der Waals surface area contributed by atoms with Crippen molar-refractivity contribution in [1.82, 2.24) is 15.5 Å². The number of benzene rings is 1. The second kappa shape index (κ2) is 7.16. The summed E-state index contributed by atoms with van der Waals surface area (Å²) in [5.74, 6) is -0.782. The number of hydrogen-bond acceptors (Lipinski definition) is 4. The van der Waals surface area contributed by atoms with Crippen LogP contribution in [0, 0.1) is 11.3 Å². The second-order valence-electron chi connectivity index (χ2n) is 7.04. The monoisotopic (exact) mass is 354 g/mol. The zero-order valence-electron chi connectivity index (χ0n) is 14.7. The van der Waals surface area contributed by atoms with Gasteiger partial charge >= 0.3 is 6.03 Å². The first-order valence-corrected chi connectivity index (χ1v) is 8.88. The second-order valence-corrected chi connectivity index (χ2v) is 7.04. The molecule has 1 heterocycles. The average molecular weight is 354 g/mol. The molecule has 136 valence electrons. The summed E-state index contributed by atoms with van der Waals surface area (Å²) in [5, 5.41) is 14.5. The summed E-state index contributed by atoms with van der Waals surface area (Å²) >= 11 is 0. The average Bonchev–Trinajstić information content (AvgIpc) is 2.86. The van der Waals surface area contributed by atoms with Gasteiger partial charge in [0.25, 0.3) is 5.91 Å². The lowest BCUT2D eigenvalue weighted by Gasteiger charge is -2.24. The minimum absolute atomic E-state index is 0.127. The predicted molar refractivity (Wildman–Crippen MR) is 93.8 cm³/mol. The molecule has 1 aliphatic heterocycles. The molecule has 0 radical (unpaired) electrons. The summed E-state index contributed by atoms with van der Waals surface area (Å²) < 4.78 is 0. The highest BCUT2D eigenvalue weighted by atomic mass is 16.2. The highest BCUT2D eigenvalue weighted by molar-refractivity contribution is 6.09. The van der Waals surface area contributed by atoms with Gasteiger partial charge in [-0.1, -0.05) is 31.4 Å². The molecule has 1 aromatic rings. The van der Waals surface area contributed by atoms with Crippen LogP contribution in [0.3, 0.4) is 0 Å². The Morgan fingerprint density at radius 2 is 1.92 bits per heavy atom. The van der Waals surface area contributed by atoms with E-state index in [1.807, 2.05) is 6.07 Å². The molecule has 0 aromatic heterocycles. The number of carbonyl (C=O) groups excluding carboxylic acids is 3. The van der Waals surface area contributed by atoms with E-state index in [-0.39, 0.29) is 18.5 Å². The van der Waals surface area contributed by atoms with Gasteiger partial charge in [0.15, 0.2) is 0 Å². The van der Waals surface area contributed by atoms with Gasteiger partial charge in [0.2, 0.25) is 5.91 Å². The maximum atomic E-state index is 12.8. The first-order chi connectivity index (χ1) is 12.4. The van der Waals surface area contributed by atoms with Gasteiger partial charge in [-0.15, -0.1) is 0 Å². The Morgan fingerprint density at radius 3 is 2.54 bits per heavy atom. The lowest BCUT2D eigenvalue weighted by Crippen LogP contribution is -2.45. The first-order valence-electron chi connectivity index (χ1n) is 8.88. The molecule has 2 aliphatic rings. The van der Waals surface area contributed by atoms with Crippen molar-refractivity contribution >= 4 is 17.8 Å². The molecular formula is C19H22N4O3. The normalized spacial score (nSPS) is 23.5. The number of nitriles is 1. The van der Waals surface area contributed by atoms with Crippen molar-refractivity contribution in [2.24, 2.45) is 0 Å². The molecule has 1 atom stereocenters. The molecule has 4 amide bonds. The lowest BCUT2D eigenvalue weighted by molar-refractivity contribution is -0.135. The fourth-order valence-corrected chi connectivity index (χ4v) is 3.58. The van der Waals surface area contributed by atoms with Gasteiger partial charge in [-0.3, -0.25) is 14.5 Å². The molecule has 0 unspecified atom stereocenters. The molecular weight excluding hydrogens is 332 g/mol. The van der Waals surface area contributed by atoms with Gasteiger partial charge in [-0.25, -0.2) is 4.79 Å². The third-order valence-electron chi connectivity index (χ3n) is 5.14. The highest BCUT2D eigenvalue weighted by Gasteiger charge is 2.49. The Hall–Kier alpha value is -2.88. The van der Waals surface area contributed by atoms with Crippen LogP contribution in [0.15, 0.2) is 24.3 Å². The third kappa shape index (κ3) is 3.40. The summed E-state index contributed by atoms with van der Waals surface area (Å²) in [5.41, 5.74) is -0.196. The van der Waals surface area contributed by atoms with Gasteiger partial charge in [0.1, 0.15) is 12.1 Å². The SMILES string of the molecule is C[C@@]1(c2ccc(C#N)cc2)NC(=O)N(CC(=O)NC2CCCCC2)C1=O. The molecule has 1 aromatic carbocycles. The number of rotatable bonds is 4. The van der Waals surface area contributed by atoms with Crippen LogP contribution in [0.1, 0.15) is 50.2 Å². The topological polar surface area (TPSA) is 102 Å². The van der Waals surface area contributed by atoms with Crippen LogP contribution in [0.5, 0.6) is 0 Å². The molecule has 2 N–H and O–H groups in total. The van der Waals surface area contributed by atoms with Crippen LogP contribution in [-0.4, -0.2) is 35.3 Å². The van der Waals surface area contributed by atoms with E-state index in [4.69, 9.17) is 5.26 Å². The quantitative estimate of drug-likeness (QED) is 0.805. The van der Waals surface area contributed by atoms with Crippen molar-refractivity contribution in [2.75, 3.05) is 6.54 Å². The summed E-state index contributed by atoms with van der Waals surface area (Å²) in [7, 11) is 0. The third-order valence-corrected chi connectivity index (χ3v) is 5.14. The Labute approximate surface area is 152 Å². The van der Waals surface area contributed by atoms with Gasteiger partial charge in [0, 0.05) is 6.04 Å². The van der Waals surface area contributed by atoms with Crippen LogP contribution in [0.25, 0.3) is 0 Å². The number of urea groups is 1. The number of imide groups is 1. The van der Waals surface area contributed by atoms with Crippen LogP contribution in [0.2, 0.25) is 0 Å². The van der Waals surface area contributed by atoms with E-state index in [2.05, 4.69) is 10.6 Å². The number of hydrogen-bond donors (Lipinski definition) is 2. The van der Waals surface area contributed by atoms with Crippen molar-refractivity contribution in [3.05, 3.63) is 35.4 Å². The summed E-state index contributed by atoms with van der Waals surface area (Å²) in [6.07, 6.45) is 5.24. The van der Waals surface area contributed by atoms with Crippen molar-refractivity contribution in [1.29, 1.82) is 5.26 Å². The summed E-state index contributed by atoms with van der Waals surface area (Å²) in [6.45, 7) is 1.32. The molecule has 7 nitrogen and oxygen atoms in total. The van der Waals surface area contributed by atoms with E-state index in [0.717, 1.165) is 30.6 Å². The zero-order chi connectivity index (χ0) is 18.7. The van der Waals surface area contributed by atoms with Gasteiger partial charge < -0.3 is 10.6 Å². The largest absolute Gasteiger partial charge is 0.352 e. The molecule has 1 aliphatic carbocycles. The number of nitrogens with zero attached hydrogens (tertiary/aromatic N) is 2. The fraction of sp³-hybridized carbons (Fsp3) is 0.474. The van der Waals surface area contributed by atoms with Crippen LogP contribution >= 0.6 is 0 Å². The van der Waals surface area contributed by atoms with Gasteiger partial charge in [-0.05, 0) is 37.5 Å².